The third-order valence-corrected chi connectivity index (χ3v) is 4.79. The number of esters is 1. The Bertz CT molecular complexity index is 677. The molecule has 0 bridgehead atoms. The number of ether oxygens (including phenoxy) is 1. The smallest absolute Gasteiger partial charge is 0.328 e. The number of hydrogen-bond donors (Lipinski definition) is 1. The Morgan fingerprint density at radius 3 is 2.73 bits per heavy atom. The second kappa shape index (κ2) is 9.03. The highest BCUT2D eigenvalue weighted by Gasteiger charge is 2.33. The molecule has 6 nitrogen and oxygen atoms in total. The predicted octanol–water partition coefficient (Wildman–Crippen LogP) is 2.53. The molecule has 0 aliphatic carbocycles. The highest BCUT2D eigenvalue weighted by atomic mass is 35.5. The molecule has 1 fully saturated rings. The molecule has 0 saturated carbocycles. The van der Waals surface area contributed by atoms with Crippen LogP contribution in [0.2, 0.25) is 5.02 Å². The maximum atomic E-state index is 12.4. The van der Waals surface area contributed by atoms with Crippen LogP contribution in [0.4, 0.5) is 0 Å². The summed E-state index contributed by atoms with van der Waals surface area (Å²) in [5, 5.41) is 3.34. The van der Waals surface area contributed by atoms with Gasteiger partial charge in [0.25, 0.3) is 0 Å². The second-order valence-electron chi connectivity index (χ2n) is 6.86. The average Bonchev–Trinajstić information content (AvgIpc) is 2.92. The van der Waals surface area contributed by atoms with E-state index in [1.54, 1.807) is 11.0 Å². The second-order valence-corrected chi connectivity index (χ2v) is 7.30. The number of methoxy groups -OCH3 is 1. The SMILES string of the molecule is COC(=O)[C@@H](NC(=O)C[C@@H]1CCC(=O)N1Cc1cccc(Cl)c1)C(C)C. The van der Waals surface area contributed by atoms with Gasteiger partial charge in [0.1, 0.15) is 6.04 Å². The molecule has 2 rings (SSSR count). The molecule has 1 N–H and O–H groups in total. The van der Waals surface area contributed by atoms with E-state index >= 15 is 0 Å². The lowest BCUT2D eigenvalue weighted by molar-refractivity contribution is -0.146. The molecule has 0 aromatic heterocycles. The zero-order valence-corrected chi connectivity index (χ0v) is 16.1. The molecule has 7 heteroatoms. The summed E-state index contributed by atoms with van der Waals surface area (Å²) in [7, 11) is 1.30. The van der Waals surface area contributed by atoms with Gasteiger partial charge in [-0.15, -0.1) is 0 Å². The van der Waals surface area contributed by atoms with E-state index in [4.69, 9.17) is 16.3 Å². The molecule has 142 valence electrons. The molecule has 1 aliphatic heterocycles. The number of nitrogens with zero attached hydrogens (tertiary/aromatic N) is 1. The lowest BCUT2D eigenvalue weighted by Crippen LogP contribution is -2.46. The molecular formula is C19H25ClN2O4. The summed E-state index contributed by atoms with van der Waals surface area (Å²) in [6.07, 6.45) is 1.20. The zero-order valence-electron chi connectivity index (χ0n) is 15.3. The van der Waals surface area contributed by atoms with Crippen molar-refractivity contribution < 1.29 is 19.1 Å². The van der Waals surface area contributed by atoms with Crippen LogP contribution >= 0.6 is 11.6 Å². The highest BCUT2D eigenvalue weighted by Crippen LogP contribution is 2.25. The molecule has 1 aromatic rings. The van der Waals surface area contributed by atoms with Gasteiger partial charge >= 0.3 is 5.97 Å². The summed E-state index contributed by atoms with van der Waals surface area (Å²) in [5.41, 5.74) is 0.924. The molecule has 0 spiro atoms. The van der Waals surface area contributed by atoms with E-state index in [1.807, 2.05) is 32.0 Å². The minimum absolute atomic E-state index is 0.0242. The molecule has 0 radical (unpaired) electrons. The van der Waals surface area contributed by atoms with Crippen LogP contribution in [0.3, 0.4) is 0 Å². The average molecular weight is 381 g/mol. The maximum Gasteiger partial charge on any atom is 0.328 e. The van der Waals surface area contributed by atoms with Crippen molar-refractivity contribution >= 4 is 29.4 Å². The Kier molecular flexibility index (Phi) is 7.03. The zero-order chi connectivity index (χ0) is 19.3. The van der Waals surface area contributed by atoms with E-state index in [2.05, 4.69) is 5.32 Å². The van der Waals surface area contributed by atoms with Crippen molar-refractivity contribution in [2.24, 2.45) is 5.92 Å². The Morgan fingerprint density at radius 1 is 1.38 bits per heavy atom. The Hall–Kier alpha value is -2.08. The van der Waals surface area contributed by atoms with E-state index in [9.17, 15) is 14.4 Å². The minimum Gasteiger partial charge on any atom is -0.467 e. The number of halogens is 1. The molecule has 2 amide bonds. The normalized spacial score (nSPS) is 18.1. The van der Waals surface area contributed by atoms with Gasteiger partial charge in [0.2, 0.25) is 11.8 Å². The topological polar surface area (TPSA) is 75.7 Å². The van der Waals surface area contributed by atoms with Gasteiger partial charge in [-0.25, -0.2) is 4.79 Å². The Balaban J connectivity index is 2.01. The maximum absolute atomic E-state index is 12.4. The first-order valence-electron chi connectivity index (χ1n) is 8.73. The Morgan fingerprint density at radius 2 is 2.12 bits per heavy atom. The Labute approximate surface area is 158 Å². The number of benzene rings is 1. The highest BCUT2D eigenvalue weighted by molar-refractivity contribution is 6.30. The van der Waals surface area contributed by atoms with Crippen LogP contribution in [-0.4, -0.2) is 41.9 Å². The number of hydrogen-bond acceptors (Lipinski definition) is 4. The van der Waals surface area contributed by atoms with Crippen LogP contribution in [-0.2, 0) is 25.7 Å². The van der Waals surface area contributed by atoms with Gasteiger partial charge < -0.3 is 15.0 Å². The minimum atomic E-state index is -0.689. The number of carbonyl (C=O) groups excluding carboxylic acids is 3. The van der Waals surface area contributed by atoms with E-state index < -0.39 is 12.0 Å². The van der Waals surface area contributed by atoms with Gasteiger partial charge in [0, 0.05) is 30.5 Å². The first kappa shape index (κ1) is 20.2. The van der Waals surface area contributed by atoms with Crippen LogP contribution in [0.15, 0.2) is 24.3 Å². The van der Waals surface area contributed by atoms with E-state index in [0.29, 0.717) is 24.4 Å². The molecule has 2 atom stereocenters. The number of likely N-dealkylation sites (tertiary alicyclic amines) is 1. The van der Waals surface area contributed by atoms with Gasteiger partial charge in [-0.3, -0.25) is 9.59 Å². The summed E-state index contributed by atoms with van der Waals surface area (Å²) in [4.78, 5) is 38.2. The third-order valence-electron chi connectivity index (χ3n) is 4.55. The number of carbonyl (C=O) groups is 3. The lowest BCUT2D eigenvalue weighted by atomic mass is 10.0. The summed E-state index contributed by atoms with van der Waals surface area (Å²) in [6.45, 7) is 4.10. The number of nitrogens with one attached hydrogen (secondary N) is 1. The van der Waals surface area contributed by atoms with Crippen molar-refractivity contribution in [2.45, 2.75) is 51.7 Å². The van der Waals surface area contributed by atoms with Gasteiger partial charge in [-0.05, 0) is 30.0 Å². The van der Waals surface area contributed by atoms with Gasteiger partial charge in [0.15, 0.2) is 0 Å². The molecule has 1 heterocycles. The number of rotatable bonds is 7. The predicted molar refractivity (Wildman–Crippen MR) is 98.4 cm³/mol. The summed E-state index contributed by atoms with van der Waals surface area (Å²) in [5.74, 6) is -0.785. The van der Waals surface area contributed by atoms with Gasteiger partial charge in [-0.2, -0.15) is 0 Å². The van der Waals surface area contributed by atoms with Crippen molar-refractivity contribution in [3.63, 3.8) is 0 Å². The quantitative estimate of drug-likeness (QED) is 0.737. The summed E-state index contributed by atoms with van der Waals surface area (Å²) >= 11 is 6.01. The van der Waals surface area contributed by atoms with Crippen LogP contribution in [0.1, 0.15) is 38.7 Å². The number of amides is 2. The molecule has 26 heavy (non-hydrogen) atoms. The van der Waals surface area contributed by atoms with Crippen molar-refractivity contribution in [3.8, 4) is 0 Å². The van der Waals surface area contributed by atoms with E-state index in [1.165, 1.54) is 7.11 Å². The van der Waals surface area contributed by atoms with Gasteiger partial charge in [-0.1, -0.05) is 37.6 Å². The first-order chi connectivity index (χ1) is 12.3. The third kappa shape index (κ3) is 5.21. The molecule has 1 aromatic carbocycles. The van der Waals surface area contributed by atoms with Crippen molar-refractivity contribution in [1.82, 2.24) is 10.2 Å². The van der Waals surface area contributed by atoms with Crippen LogP contribution < -0.4 is 5.32 Å². The summed E-state index contributed by atoms with van der Waals surface area (Å²) < 4.78 is 4.74. The van der Waals surface area contributed by atoms with Crippen LogP contribution in [0, 0.1) is 5.92 Å². The van der Waals surface area contributed by atoms with E-state index in [0.717, 1.165) is 5.56 Å². The fourth-order valence-electron chi connectivity index (χ4n) is 3.13. The van der Waals surface area contributed by atoms with Gasteiger partial charge in [0.05, 0.1) is 7.11 Å². The fourth-order valence-corrected chi connectivity index (χ4v) is 3.34. The molecule has 1 saturated heterocycles. The fraction of sp³-hybridized carbons (Fsp3) is 0.526. The van der Waals surface area contributed by atoms with Crippen molar-refractivity contribution in [3.05, 3.63) is 34.9 Å². The monoisotopic (exact) mass is 380 g/mol. The van der Waals surface area contributed by atoms with E-state index in [-0.39, 0.29) is 30.2 Å². The lowest BCUT2D eigenvalue weighted by Gasteiger charge is -2.26. The van der Waals surface area contributed by atoms with Crippen molar-refractivity contribution in [1.29, 1.82) is 0 Å². The first-order valence-corrected chi connectivity index (χ1v) is 9.10. The summed E-state index contributed by atoms with van der Waals surface area (Å²) in [6, 6.07) is 6.46. The largest absolute Gasteiger partial charge is 0.467 e. The molecular weight excluding hydrogens is 356 g/mol. The van der Waals surface area contributed by atoms with Crippen molar-refractivity contribution in [2.75, 3.05) is 7.11 Å². The van der Waals surface area contributed by atoms with Crippen LogP contribution in [0.25, 0.3) is 0 Å². The molecule has 0 unspecified atom stereocenters. The molecule has 1 aliphatic rings. The van der Waals surface area contributed by atoms with Crippen LogP contribution in [0.5, 0.6) is 0 Å². The standard InChI is InChI=1S/C19H25ClN2O4/c1-12(2)18(19(25)26-3)21-16(23)10-15-7-8-17(24)22(15)11-13-5-4-6-14(20)9-13/h4-6,9,12,15,18H,7-8,10-11H2,1-3H3,(H,21,23)/t15-,18-/m0/s1.